The maximum absolute atomic E-state index is 13.5. The number of anilines is 1. The van der Waals surface area contributed by atoms with E-state index in [-0.39, 0.29) is 28.7 Å². The molecule has 0 unspecified atom stereocenters. The SMILES string of the molecule is O=C(Nc1cc2ccccc2cc1C(=O)N1CCC(NS(=O)(=O)c2ccc(F)cc2)CC1)C1CC1. The number of hydrogen-bond donors (Lipinski definition) is 2. The lowest BCUT2D eigenvalue weighted by molar-refractivity contribution is -0.117. The summed E-state index contributed by atoms with van der Waals surface area (Å²) in [4.78, 5) is 27.6. The molecule has 0 spiro atoms. The number of fused-ring (bicyclic) bond motifs is 1. The highest BCUT2D eigenvalue weighted by molar-refractivity contribution is 7.89. The Morgan fingerprint density at radius 2 is 1.51 bits per heavy atom. The molecule has 3 aromatic rings. The largest absolute Gasteiger partial charge is 0.338 e. The van der Waals surface area contributed by atoms with Gasteiger partial charge in [0, 0.05) is 25.0 Å². The molecular formula is C26H26FN3O4S. The lowest BCUT2D eigenvalue weighted by Gasteiger charge is -2.32. The number of hydrogen-bond acceptors (Lipinski definition) is 4. The van der Waals surface area contributed by atoms with Gasteiger partial charge in [0.15, 0.2) is 0 Å². The number of rotatable bonds is 6. The maximum atomic E-state index is 13.5. The van der Waals surface area contributed by atoms with Crippen LogP contribution >= 0.6 is 0 Å². The Morgan fingerprint density at radius 3 is 2.14 bits per heavy atom. The average molecular weight is 496 g/mol. The minimum absolute atomic E-state index is 0.00427. The van der Waals surface area contributed by atoms with Gasteiger partial charge in [-0.15, -0.1) is 0 Å². The van der Waals surface area contributed by atoms with Crippen LogP contribution in [0.2, 0.25) is 0 Å². The number of likely N-dealkylation sites (tertiary alicyclic amines) is 1. The van der Waals surface area contributed by atoms with Crippen LogP contribution in [0, 0.1) is 11.7 Å². The first-order valence-electron chi connectivity index (χ1n) is 11.7. The predicted octanol–water partition coefficient (Wildman–Crippen LogP) is 3.91. The van der Waals surface area contributed by atoms with Crippen molar-refractivity contribution >= 4 is 38.3 Å². The van der Waals surface area contributed by atoms with Crippen LogP contribution < -0.4 is 10.0 Å². The van der Waals surface area contributed by atoms with Crippen LogP contribution in [0.25, 0.3) is 10.8 Å². The predicted molar refractivity (Wildman–Crippen MR) is 131 cm³/mol. The minimum atomic E-state index is -3.78. The first kappa shape index (κ1) is 23.4. The molecule has 1 aliphatic heterocycles. The molecule has 0 aromatic heterocycles. The Labute approximate surface area is 203 Å². The molecule has 1 saturated carbocycles. The van der Waals surface area contributed by atoms with E-state index in [1.54, 1.807) is 4.90 Å². The van der Waals surface area contributed by atoms with E-state index in [4.69, 9.17) is 0 Å². The molecule has 2 amide bonds. The van der Waals surface area contributed by atoms with Crippen LogP contribution in [0.1, 0.15) is 36.0 Å². The summed E-state index contributed by atoms with van der Waals surface area (Å²) in [5.74, 6) is -0.753. The molecule has 2 aliphatic rings. The van der Waals surface area contributed by atoms with Gasteiger partial charge in [-0.05, 0) is 72.9 Å². The standard InChI is InChI=1S/C26H26FN3O4S/c27-20-7-9-22(10-8-20)35(33,34)29-21-11-13-30(14-12-21)26(32)23-15-18-3-1-2-4-19(18)16-24(23)28-25(31)17-5-6-17/h1-4,7-10,15-17,21,29H,5-6,11-14H2,(H,28,31). The van der Waals surface area contributed by atoms with E-state index in [9.17, 15) is 22.4 Å². The van der Waals surface area contributed by atoms with Gasteiger partial charge in [-0.2, -0.15) is 0 Å². The third-order valence-electron chi connectivity index (χ3n) is 6.55. The second-order valence-electron chi connectivity index (χ2n) is 9.15. The number of amides is 2. The van der Waals surface area contributed by atoms with Gasteiger partial charge >= 0.3 is 0 Å². The Hall–Kier alpha value is -3.30. The van der Waals surface area contributed by atoms with Crippen molar-refractivity contribution in [3.63, 3.8) is 0 Å². The van der Waals surface area contributed by atoms with Gasteiger partial charge in [-0.3, -0.25) is 9.59 Å². The summed E-state index contributed by atoms with van der Waals surface area (Å²) in [6.45, 7) is 0.747. The smallest absolute Gasteiger partial charge is 0.255 e. The molecule has 1 aliphatic carbocycles. The van der Waals surface area contributed by atoms with Crippen molar-refractivity contribution in [1.82, 2.24) is 9.62 Å². The molecule has 5 rings (SSSR count). The van der Waals surface area contributed by atoms with Crippen LogP contribution in [0.15, 0.2) is 65.6 Å². The van der Waals surface area contributed by atoms with Crippen LogP contribution in [0.3, 0.4) is 0 Å². The van der Waals surface area contributed by atoms with Crippen LogP contribution in [0.4, 0.5) is 10.1 Å². The second kappa shape index (κ2) is 9.39. The summed E-state index contributed by atoms with van der Waals surface area (Å²) < 4.78 is 41.1. The first-order chi connectivity index (χ1) is 16.8. The summed E-state index contributed by atoms with van der Waals surface area (Å²) >= 11 is 0. The maximum Gasteiger partial charge on any atom is 0.255 e. The van der Waals surface area contributed by atoms with Gasteiger partial charge in [0.1, 0.15) is 5.82 Å². The van der Waals surface area contributed by atoms with Gasteiger partial charge in [0.2, 0.25) is 15.9 Å². The van der Waals surface area contributed by atoms with E-state index < -0.39 is 15.8 Å². The highest BCUT2D eigenvalue weighted by Crippen LogP contribution is 2.32. The fraction of sp³-hybridized carbons (Fsp3) is 0.308. The van der Waals surface area contributed by atoms with Gasteiger partial charge in [0.05, 0.1) is 16.1 Å². The monoisotopic (exact) mass is 495 g/mol. The number of carbonyl (C=O) groups excluding carboxylic acids is 2. The van der Waals surface area contributed by atoms with E-state index in [1.807, 2.05) is 36.4 Å². The van der Waals surface area contributed by atoms with E-state index in [0.29, 0.717) is 37.2 Å². The lowest BCUT2D eigenvalue weighted by atomic mass is 10.0. The zero-order valence-electron chi connectivity index (χ0n) is 19.0. The first-order valence-corrected chi connectivity index (χ1v) is 13.2. The highest BCUT2D eigenvalue weighted by atomic mass is 32.2. The van der Waals surface area contributed by atoms with Crippen LogP contribution in [-0.2, 0) is 14.8 Å². The summed E-state index contributed by atoms with van der Waals surface area (Å²) in [5, 5.41) is 4.78. The Balaban J connectivity index is 1.30. The van der Waals surface area contributed by atoms with Crippen molar-refractivity contribution in [2.45, 2.75) is 36.6 Å². The second-order valence-corrected chi connectivity index (χ2v) is 10.9. The Kier molecular flexibility index (Phi) is 6.29. The van der Waals surface area contributed by atoms with Gasteiger partial charge < -0.3 is 10.2 Å². The van der Waals surface area contributed by atoms with Crippen molar-refractivity contribution in [3.8, 4) is 0 Å². The Bertz CT molecular complexity index is 1380. The van der Waals surface area contributed by atoms with Crippen molar-refractivity contribution < 1.29 is 22.4 Å². The van der Waals surface area contributed by atoms with Gasteiger partial charge in [-0.1, -0.05) is 24.3 Å². The minimum Gasteiger partial charge on any atom is -0.338 e. The fourth-order valence-corrected chi connectivity index (χ4v) is 5.68. The molecule has 9 heteroatoms. The quantitative estimate of drug-likeness (QED) is 0.542. The van der Waals surface area contributed by atoms with Crippen molar-refractivity contribution in [3.05, 3.63) is 72.0 Å². The fourth-order valence-electron chi connectivity index (χ4n) is 4.37. The summed E-state index contributed by atoms with van der Waals surface area (Å²) in [6.07, 6.45) is 2.63. The van der Waals surface area contributed by atoms with Crippen molar-refractivity contribution in [2.24, 2.45) is 5.92 Å². The topological polar surface area (TPSA) is 95.6 Å². The molecule has 3 aromatic carbocycles. The molecule has 1 heterocycles. The number of sulfonamides is 1. The number of nitrogens with zero attached hydrogens (tertiary/aromatic N) is 1. The van der Waals surface area contributed by atoms with Crippen molar-refractivity contribution in [2.75, 3.05) is 18.4 Å². The summed E-state index contributed by atoms with van der Waals surface area (Å²) in [5.41, 5.74) is 0.938. The molecule has 2 fully saturated rings. The van der Waals surface area contributed by atoms with E-state index in [0.717, 1.165) is 35.7 Å². The third-order valence-corrected chi connectivity index (χ3v) is 8.09. The van der Waals surface area contributed by atoms with Gasteiger partial charge in [0.25, 0.3) is 5.91 Å². The van der Waals surface area contributed by atoms with Crippen LogP contribution in [0.5, 0.6) is 0 Å². The summed E-state index contributed by atoms with van der Waals surface area (Å²) in [7, 11) is -3.78. The summed E-state index contributed by atoms with van der Waals surface area (Å²) in [6, 6.07) is 15.7. The van der Waals surface area contributed by atoms with Crippen molar-refractivity contribution in [1.29, 1.82) is 0 Å². The molecule has 182 valence electrons. The van der Waals surface area contributed by atoms with E-state index in [2.05, 4.69) is 10.0 Å². The molecule has 35 heavy (non-hydrogen) atoms. The van der Waals surface area contributed by atoms with E-state index in [1.165, 1.54) is 12.1 Å². The molecule has 0 radical (unpaired) electrons. The number of halogens is 1. The average Bonchev–Trinajstić information content (AvgIpc) is 3.69. The molecular weight excluding hydrogens is 469 g/mol. The van der Waals surface area contributed by atoms with E-state index >= 15 is 0 Å². The molecule has 2 N–H and O–H groups in total. The lowest BCUT2D eigenvalue weighted by Crippen LogP contribution is -2.46. The Morgan fingerprint density at radius 1 is 0.886 bits per heavy atom. The molecule has 0 bridgehead atoms. The highest BCUT2D eigenvalue weighted by Gasteiger charge is 2.32. The zero-order valence-corrected chi connectivity index (χ0v) is 19.9. The number of piperidine rings is 1. The number of carbonyl (C=O) groups is 2. The molecule has 7 nitrogen and oxygen atoms in total. The number of benzene rings is 3. The zero-order chi connectivity index (χ0) is 24.6. The van der Waals surface area contributed by atoms with Gasteiger partial charge in [-0.25, -0.2) is 17.5 Å². The third kappa shape index (κ3) is 5.21. The normalized spacial score (nSPS) is 16.9. The molecule has 0 atom stereocenters. The molecule has 1 saturated heterocycles. The van der Waals surface area contributed by atoms with Crippen LogP contribution in [-0.4, -0.2) is 44.3 Å². The number of nitrogens with one attached hydrogen (secondary N) is 2.